The number of nitrogens with zero attached hydrogens (tertiary/aromatic N) is 2. The van der Waals surface area contributed by atoms with Crippen LogP contribution in [0.1, 0.15) is 43.5 Å². The Morgan fingerprint density at radius 1 is 1.00 bits per heavy atom. The first-order valence-electron chi connectivity index (χ1n) is 13.7. The zero-order chi connectivity index (χ0) is 27.5. The molecule has 0 aromatic heterocycles. The van der Waals surface area contributed by atoms with Crippen LogP contribution in [0.25, 0.3) is 5.76 Å². The SMILES string of the molecule is CCOc1ccc(C2/C(=C(/O)c3ccc4c(c3)CC(C)O4)C(=O)C(=O)N2CCN2CCOCC2)cc1OCC. The smallest absolute Gasteiger partial charge is 0.295 e. The van der Waals surface area contributed by atoms with Crippen LogP contribution >= 0.6 is 0 Å². The summed E-state index contributed by atoms with van der Waals surface area (Å²) in [6.07, 6.45) is 0.758. The van der Waals surface area contributed by atoms with Crippen molar-refractivity contribution in [2.75, 3.05) is 52.6 Å². The number of ether oxygens (including phenoxy) is 4. The van der Waals surface area contributed by atoms with Crippen LogP contribution in [0, 0.1) is 0 Å². The van der Waals surface area contributed by atoms with Gasteiger partial charge in [0.1, 0.15) is 17.6 Å². The van der Waals surface area contributed by atoms with E-state index in [-0.39, 0.29) is 17.4 Å². The summed E-state index contributed by atoms with van der Waals surface area (Å²) in [5, 5.41) is 11.5. The van der Waals surface area contributed by atoms with Crippen LogP contribution in [0.4, 0.5) is 0 Å². The van der Waals surface area contributed by atoms with Crippen molar-refractivity contribution in [3.63, 3.8) is 0 Å². The number of Topliss-reactive ketones (excluding diaryl/α,β-unsaturated/α-hetero) is 1. The molecule has 3 heterocycles. The highest BCUT2D eigenvalue weighted by molar-refractivity contribution is 6.46. The van der Waals surface area contributed by atoms with Crippen molar-refractivity contribution in [1.82, 2.24) is 9.80 Å². The number of hydrogen-bond acceptors (Lipinski definition) is 8. The summed E-state index contributed by atoms with van der Waals surface area (Å²) in [5.74, 6) is 0.368. The van der Waals surface area contributed by atoms with Gasteiger partial charge in [-0.05, 0) is 62.2 Å². The van der Waals surface area contributed by atoms with E-state index in [4.69, 9.17) is 18.9 Å². The number of aliphatic hydroxyl groups excluding tert-OH is 1. The highest BCUT2D eigenvalue weighted by atomic mass is 16.5. The molecule has 1 N–H and O–H groups in total. The van der Waals surface area contributed by atoms with E-state index in [1.165, 1.54) is 0 Å². The second-order valence-corrected chi connectivity index (χ2v) is 9.97. The minimum Gasteiger partial charge on any atom is -0.507 e. The topological polar surface area (TPSA) is 97.8 Å². The largest absolute Gasteiger partial charge is 0.507 e. The Kier molecular flexibility index (Phi) is 8.09. The summed E-state index contributed by atoms with van der Waals surface area (Å²) in [6.45, 7) is 10.4. The summed E-state index contributed by atoms with van der Waals surface area (Å²) in [5.41, 5.74) is 2.19. The molecule has 0 bridgehead atoms. The van der Waals surface area contributed by atoms with Crippen molar-refractivity contribution in [2.24, 2.45) is 0 Å². The van der Waals surface area contributed by atoms with E-state index in [1.807, 2.05) is 39.0 Å². The van der Waals surface area contributed by atoms with Crippen molar-refractivity contribution in [3.05, 3.63) is 58.7 Å². The molecule has 3 aliphatic rings. The molecule has 3 aliphatic heterocycles. The van der Waals surface area contributed by atoms with Crippen LogP contribution in [-0.4, -0.2) is 85.3 Å². The molecule has 208 valence electrons. The predicted molar refractivity (Wildman–Crippen MR) is 145 cm³/mol. The Balaban J connectivity index is 1.57. The summed E-state index contributed by atoms with van der Waals surface area (Å²) < 4.78 is 22.8. The molecule has 2 unspecified atom stereocenters. The summed E-state index contributed by atoms with van der Waals surface area (Å²) in [6, 6.07) is 10.0. The minimum atomic E-state index is -0.774. The van der Waals surface area contributed by atoms with Gasteiger partial charge in [0.2, 0.25) is 0 Å². The third kappa shape index (κ3) is 5.46. The minimum absolute atomic E-state index is 0.0454. The van der Waals surface area contributed by atoms with Crippen molar-refractivity contribution >= 4 is 17.4 Å². The van der Waals surface area contributed by atoms with Crippen molar-refractivity contribution in [2.45, 2.75) is 39.3 Å². The lowest BCUT2D eigenvalue weighted by atomic mass is 9.94. The van der Waals surface area contributed by atoms with E-state index in [9.17, 15) is 14.7 Å². The van der Waals surface area contributed by atoms with Gasteiger partial charge in [0.25, 0.3) is 11.7 Å². The van der Waals surface area contributed by atoms with E-state index < -0.39 is 17.7 Å². The second kappa shape index (κ2) is 11.7. The number of hydrogen-bond donors (Lipinski definition) is 1. The third-order valence-corrected chi connectivity index (χ3v) is 7.35. The molecule has 0 radical (unpaired) electrons. The number of amides is 1. The molecule has 2 fully saturated rings. The predicted octanol–water partition coefficient (Wildman–Crippen LogP) is 3.56. The number of carbonyl (C=O) groups is 2. The fraction of sp³-hybridized carbons (Fsp3) is 0.467. The van der Waals surface area contributed by atoms with Gasteiger partial charge in [-0.1, -0.05) is 6.07 Å². The lowest BCUT2D eigenvalue weighted by Gasteiger charge is -2.31. The Bertz CT molecular complexity index is 1270. The molecule has 1 amide bonds. The lowest BCUT2D eigenvalue weighted by Crippen LogP contribution is -2.42. The molecule has 0 saturated carbocycles. The fourth-order valence-corrected chi connectivity index (χ4v) is 5.49. The van der Waals surface area contributed by atoms with Crippen LogP contribution in [-0.2, 0) is 20.7 Å². The number of carbonyl (C=O) groups excluding carboxylic acids is 2. The van der Waals surface area contributed by atoms with E-state index in [1.54, 1.807) is 23.1 Å². The molecule has 9 nitrogen and oxygen atoms in total. The third-order valence-electron chi connectivity index (χ3n) is 7.35. The van der Waals surface area contributed by atoms with Gasteiger partial charge in [-0.15, -0.1) is 0 Å². The van der Waals surface area contributed by atoms with E-state index in [0.717, 1.165) is 24.4 Å². The number of benzene rings is 2. The second-order valence-electron chi connectivity index (χ2n) is 9.97. The Morgan fingerprint density at radius 3 is 2.49 bits per heavy atom. The van der Waals surface area contributed by atoms with Gasteiger partial charge < -0.3 is 29.0 Å². The molecular formula is C30H36N2O7. The number of aliphatic hydroxyl groups is 1. The Morgan fingerprint density at radius 2 is 1.74 bits per heavy atom. The molecule has 9 heteroatoms. The highest BCUT2D eigenvalue weighted by Crippen LogP contribution is 2.42. The molecule has 39 heavy (non-hydrogen) atoms. The van der Waals surface area contributed by atoms with Crippen molar-refractivity contribution in [3.8, 4) is 17.2 Å². The number of fused-ring (bicyclic) bond motifs is 1. The fourth-order valence-electron chi connectivity index (χ4n) is 5.49. The van der Waals surface area contributed by atoms with Crippen LogP contribution in [0.15, 0.2) is 42.0 Å². The van der Waals surface area contributed by atoms with E-state index >= 15 is 0 Å². The van der Waals surface area contributed by atoms with Crippen LogP contribution in [0.2, 0.25) is 0 Å². The van der Waals surface area contributed by atoms with Gasteiger partial charge in [-0.3, -0.25) is 14.5 Å². The molecule has 2 atom stereocenters. The molecule has 5 rings (SSSR count). The van der Waals surface area contributed by atoms with Gasteiger partial charge in [0, 0.05) is 38.2 Å². The number of ketones is 1. The van der Waals surface area contributed by atoms with Crippen LogP contribution in [0.5, 0.6) is 17.2 Å². The standard InChI is InChI=1S/C30H36N2O7/c1-4-37-24-9-6-20(18-25(24)38-5-2)27-26(28(33)21-7-8-23-22(17-21)16-19(3)39-23)29(34)30(35)32(27)11-10-31-12-14-36-15-13-31/h6-9,17-19,27,33H,4-5,10-16H2,1-3H3/b28-26-. The Labute approximate surface area is 228 Å². The Hall–Kier alpha value is -3.56. The van der Waals surface area contributed by atoms with Gasteiger partial charge in [0.05, 0.1) is 38.0 Å². The van der Waals surface area contributed by atoms with E-state index in [2.05, 4.69) is 4.90 Å². The zero-order valence-corrected chi connectivity index (χ0v) is 22.8. The maximum Gasteiger partial charge on any atom is 0.295 e. The van der Waals surface area contributed by atoms with Crippen LogP contribution < -0.4 is 14.2 Å². The van der Waals surface area contributed by atoms with Crippen LogP contribution in [0.3, 0.4) is 0 Å². The maximum absolute atomic E-state index is 13.5. The monoisotopic (exact) mass is 536 g/mol. The average Bonchev–Trinajstić information content (AvgIpc) is 3.44. The first-order chi connectivity index (χ1) is 18.9. The number of morpholine rings is 1. The number of likely N-dealkylation sites (tertiary alicyclic amines) is 1. The first-order valence-corrected chi connectivity index (χ1v) is 13.7. The molecule has 2 saturated heterocycles. The van der Waals surface area contributed by atoms with Gasteiger partial charge in [0.15, 0.2) is 11.5 Å². The number of rotatable bonds is 9. The zero-order valence-electron chi connectivity index (χ0n) is 22.8. The molecule has 2 aromatic rings. The maximum atomic E-state index is 13.5. The van der Waals surface area contributed by atoms with Crippen molar-refractivity contribution < 1.29 is 33.6 Å². The van der Waals surface area contributed by atoms with Gasteiger partial charge in [-0.25, -0.2) is 0 Å². The molecule has 2 aromatic carbocycles. The quantitative estimate of drug-likeness (QED) is 0.295. The average molecular weight is 537 g/mol. The summed E-state index contributed by atoms with van der Waals surface area (Å²) >= 11 is 0. The van der Waals surface area contributed by atoms with E-state index in [0.29, 0.717) is 68.6 Å². The molecular weight excluding hydrogens is 500 g/mol. The lowest BCUT2D eigenvalue weighted by molar-refractivity contribution is -0.140. The highest BCUT2D eigenvalue weighted by Gasteiger charge is 2.46. The molecule has 0 spiro atoms. The summed E-state index contributed by atoms with van der Waals surface area (Å²) in [7, 11) is 0. The van der Waals surface area contributed by atoms with Gasteiger partial charge >= 0.3 is 0 Å². The van der Waals surface area contributed by atoms with Gasteiger partial charge in [-0.2, -0.15) is 0 Å². The van der Waals surface area contributed by atoms with Crippen molar-refractivity contribution in [1.29, 1.82) is 0 Å². The first kappa shape index (κ1) is 27.0. The normalized spacial score (nSPS) is 22.6. The molecule has 0 aliphatic carbocycles. The summed E-state index contributed by atoms with van der Waals surface area (Å²) in [4.78, 5) is 30.7.